The van der Waals surface area contributed by atoms with Gasteiger partial charge in [0.25, 0.3) is 0 Å². The van der Waals surface area contributed by atoms with Gasteiger partial charge in [0, 0.05) is 10.8 Å². The fraction of sp³-hybridized carbons (Fsp3) is 0.400. The van der Waals surface area contributed by atoms with Gasteiger partial charge < -0.3 is 5.73 Å². The molecule has 0 aliphatic heterocycles. The predicted octanol–water partition coefficient (Wildman–Crippen LogP) is 3.30. The summed E-state index contributed by atoms with van der Waals surface area (Å²) in [5.41, 5.74) is 6.79. The number of nitrogens with zero attached hydrogens (tertiary/aromatic N) is 3. The number of hydrogen-bond donors (Lipinski definition) is 1. The van der Waals surface area contributed by atoms with Crippen LogP contribution in [0.3, 0.4) is 0 Å². The van der Waals surface area contributed by atoms with Gasteiger partial charge in [-0.1, -0.05) is 43.2 Å². The van der Waals surface area contributed by atoms with E-state index in [9.17, 15) is 0 Å². The van der Waals surface area contributed by atoms with Crippen LogP contribution < -0.4 is 5.73 Å². The van der Waals surface area contributed by atoms with Crippen molar-refractivity contribution in [2.75, 3.05) is 5.73 Å². The molecule has 4 nitrogen and oxygen atoms in total. The Kier molecular flexibility index (Phi) is 4.16. The van der Waals surface area contributed by atoms with Crippen LogP contribution in [0.2, 0.25) is 0 Å². The summed E-state index contributed by atoms with van der Waals surface area (Å²) in [6.07, 6.45) is 5.34. The van der Waals surface area contributed by atoms with Gasteiger partial charge in [-0.15, -0.1) is 0 Å². The molecule has 0 saturated heterocycles. The van der Waals surface area contributed by atoms with Gasteiger partial charge in [-0.2, -0.15) is 21.7 Å². The quantitative estimate of drug-likeness (QED) is 0.934. The normalized spacial score (nSPS) is 15.6. The van der Waals surface area contributed by atoms with Gasteiger partial charge >= 0.3 is 0 Å². The van der Waals surface area contributed by atoms with Crippen LogP contribution in [0, 0.1) is 0 Å². The molecule has 2 N–H and O–H groups in total. The fourth-order valence-corrected chi connectivity index (χ4v) is 3.65. The molecule has 5 heteroatoms. The second-order valence-electron chi connectivity index (χ2n) is 5.02. The maximum atomic E-state index is 5.81. The fourth-order valence-electron chi connectivity index (χ4n) is 2.47. The Bertz CT molecular complexity index is 567. The van der Waals surface area contributed by atoms with Crippen LogP contribution in [-0.4, -0.2) is 20.2 Å². The number of anilines is 1. The van der Waals surface area contributed by atoms with Crippen molar-refractivity contribution < 1.29 is 0 Å². The standard InChI is InChI=1S/C15H18N4S/c16-15-18-13(10-20-12-8-4-5-9-12)17-14(19-15)11-6-2-1-3-7-11/h1-3,6-7,12H,4-5,8-10H2,(H2,16,17,18,19). The van der Waals surface area contributed by atoms with Gasteiger partial charge in [0.2, 0.25) is 5.95 Å². The maximum absolute atomic E-state index is 5.81. The van der Waals surface area contributed by atoms with Crippen molar-refractivity contribution in [1.82, 2.24) is 15.0 Å². The number of aromatic nitrogens is 3. The predicted molar refractivity (Wildman–Crippen MR) is 83.2 cm³/mol. The molecule has 1 aliphatic carbocycles. The molecule has 1 fully saturated rings. The molecule has 0 radical (unpaired) electrons. The smallest absolute Gasteiger partial charge is 0.223 e. The van der Waals surface area contributed by atoms with E-state index in [1.165, 1.54) is 25.7 Å². The molecule has 3 rings (SSSR count). The van der Waals surface area contributed by atoms with Crippen molar-refractivity contribution >= 4 is 17.7 Å². The lowest BCUT2D eigenvalue weighted by atomic mass is 10.2. The molecule has 1 heterocycles. The molecule has 1 aromatic heterocycles. The minimum absolute atomic E-state index is 0.306. The summed E-state index contributed by atoms with van der Waals surface area (Å²) in [4.78, 5) is 13.0. The van der Waals surface area contributed by atoms with Crippen molar-refractivity contribution in [2.24, 2.45) is 0 Å². The Morgan fingerprint density at radius 1 is 1.05 bits per heavy atom. The number of thioether (sulfide) groups is 1. The molecule has 20 heavy (non-hydrogen) atoms. The minimum atomic E-state index is 0.306. The lowest BCUT2D eigenvalue weighted by Gasteiger charge is -2.08. The highest BCUT2D eigenvalue weighted by molar-refractivity contribution is 7.99. The van der Waals surface area contributed by atoms with Crippen molar-refractivity contribution in [3.05, 3.63) is 36.2 Å². The largest absolute Gasteiger partial charge is 0.368 e. The number of nitrogen functional groups attached to an aromatic ring is 1. The first kappa shape index (κ1) is 13.4. The summed E-state index contributed by atoms with van der Waals surface area (Å²) in [6, 6.07) is 9.90. The third-order valence-electron chi connectivity index (χ3n) is 3.48. The molecule has 104 valence electrons. The summed E-state index contributed by atoms with van der Waals surface area (Å²) in [5, 5.41) is 0.758. The molecule has 0 atom stereocenters. The third-order valence-corrected chi connectivity index (χ3v) is 4.85. The van der Waals surface area contributed by atoms with Crippen LogP contribution in [-0.2, 0) is 5.75 Å². The Labute approximate surface area is 123 Å². The lowest BCUT2D eigenvalue weighted by molar-refractivity contribution is 0.886. The molecule has 1 aliphatic rings. The van der Waals surface area contributed by atoms with Crippen LogP contribution in [0.25, 0.3) is 11.4 Å². The van der Waals surface area contributed by atoms with Crippen molar-refractivity contribution in [3.8, 4) is 11.4 Å². The van der Waals surface area contributed by atoms with Gasteiger partial charge in [-0.25, -0.2) is 4.98 Å². The summed E-state index contributed by atoms with van der Waals surface area (Å²) >= 11 is 1.94. The molecule has 0 bridgehead atoms. The Morgan fingerprint density at radius 3 is 2.55 bits per heavy atom. The van der Waals surface area contributed by atoms with E-state index in [1.54, 1.807) is 0 Å². The first-order chi connectivity index (χ1) is 9.81. The summed E-state index contributed by atoms with van der Waals surface area (Å²) in [6.45, 7) is 0. The third kappa shape index (κ3) is 3.28. The van der Waals surface area contributed by atoms with E-state index in [2.05, 4.69) is 15.0 Å². The second-order valence-corrected chi connectivity index (χ2v) is 6.31. The van der Waals surface area contributed by atoms with Crippen molar-refractivity contribution in [3.63, 3.8) is 0 Å². The summed E-state index contributed by atoms with van der Waals surface area (Å²) in [5.74, 6) is 2.58. The minimum Gasteiger partial charge on any atom is -0.368 e. The maximum Gasteiger partial charge on any atom is 0.223 e. The Balaban J connectivity index is 1.76. The number of hydrogen-bond acceptors (Lipinski definition) is 5. The van der Waals surface area contributed by atoms with E-state index in [1.807, 2.05) is 42.1 Å². The van der Waals surface area contributed by atoms with E-state index in [0.717, 1.165) is 22.4 Å². The average Bonchev–Trinajstić information content (AvgIpc) is 2.99. The Hall–Kier alpha value is -1.62. The van der Waals surface area contributed by atoms with E-state index in [0.29, 0.717) is 11.8 Å². The number of rotatable bonds is 4. The summed E-state index contributed by atoms with van der Waals surface area (Å²) in [7, 11) is 0. The molecule has 0 unspecified atom stereocenters. The van der Waals surface area contributed by atoms with Gasteiger partial charge in [0.1, 0.15) is 5.82 Å². The second kappa shape index (κ2) is 6.22. The Morgan fingerprint density at radius 2 is 1.80 bits per heavy atom. The van der Waals surface area contributed by atoms with E-state index in [4.69, 9.17) is 5.73 Å². The van der Waals surface area contributed by atoms with Crippen molar-refractivity contribution in [2.45, 2.75) is 36.7 Å². The SMILES string of the molecule is Nc1nc(CSC2CCCC2)nc(-c2ccccc2)n1. The van der Waals surface area contributed by atoms with Crippen LogP contribution in [0.15, 0.2) is 30.3 Å². The van der Waals surface area contributed by atoms with Crippen LogP contribution in [0.1, 0.15) is 31.5 Å². The average molecular weight is 286 g/mol. The highest BCUT2D eigenvalue weighted by Crippen LogP contribution is 2.31. The van der Waals surface area contributed by atoms with Crippen LogP contribution in [0.4, 0.5) is 5.95 Å². The van der Waals surface area contributed by atoms with Gasteiger partial charge in [0.15, 0.2) is 5.82 Å². The highest BCUT2D eigenvalue weighted by Gasteiger charge is 2.16. The summed E-state index contributed by atoms with van der Waals surface area (Å²) < 4.78 is 0. The van der Waals surface area contributed by atoms with E-state index < -0.39 is 0 Å². The first-order valence-corrected chi connectivity index (χ1v) is 8.03. The lowest BCUT2D eigenvalue weighted by Crippen LogP contribution is -2.05. The zero-order chi connectivity index (χ0) is 13.8. The molecule has 0 spiro atoms. The zero-order valence-corrected chi connectivity index (χ0v) is 12.1. The van der Waals surface area contributed by atoms with Gasteiger partial charge in [-0.3, -0.25) is 0 Å². The van der Waals surface area contributed by atoms with Gasteiger partial charge in [0.05, 0.1) is 5.75 Å². The highest BCUT2D eigenvalue weighted by atomic mass is 32.2. The number of benzene rings is 1. The van der Waals surface area contributed by atoms with Crippen LogP contribution >= 0.6 is 11.8 Å². The zero-order valence-electron chi connectivity index (χ0n) is 11.3. The van der Waals surface area contributed by atoms with E-state index in [-0.39, 0.29) is 0 Å². The topological polar surface area (TPSA) is 64.7 Å². The molecule has 1 saturated carbocycles. The van der Waals surface area contributed by atoms with E-state index >= 15 is 0 Å². The molecule has 0 amide bonds. The first-order valence-electron chi connectivity index (χ1n) is 6.99. The van der Waals surface area contributed by atoms with Crippen LogP contribution in [0.5, 0.6) is 0 Å². The van der Waals surface area contributed by atoms with Crippen molar-refractivity contribution in [1.29, 1.82) is 0 Å². The molecular weight excluding hydrogens is 268 g/mol. The monoisotopic (exact) mass is 286 g/mol. The van der Waals surface area contributed by atoms with Gasteiger partial charge in [-0.05, 0) is 12.8 Å². The molecule has 2 aromatic rings. The molecular formula is C15H18N4S. The number of nitrogens with two attached hydrogens (primary N) is 1. The molecule has 1 aromatic carbocycles.